The van der Waals surface area contributed by atoms with E-state index in [1.807, 2.05) is 59.2 Å². The number of hydrogen-bond acceptors (Lipinski definition) is 6. The average molecular weight is 561 g/mol. The van der Waals surface area contributed by atoms with Crippen LogP contribution in [0.5, 0.6) is 0 Å². The summed E-state index contributed by atoms with van der Waals surface area (Å²) in [7, 11) is 0. The van der Waals surface area contributed by atoms with Gasteiger partial charge in [0.15, 0.2) is 16.7 Å². The molecular weight excluding hydrogens is 545 g/mol. The predicted octanol–water partition coefficient (Wildman–Crippen LogP) is 7.11. The van der Waals surface area contributed by atoms with Crippen LogP contribution in [-0.2, 0) is 4.79 Å². The van der Waals surface area contributed by atoms with E-state index in [4.69, 9.17) is 23.2 Å². The summed E-state index contributed by atoms with van der Waals surface area (Å²) in [6, 6.07) is 22.2. The van der Waals surface area contributed by atoms with Crippen molar-refractivity contribution < 1.29 is 4.79 Å². The maximum Gasteiger partial charge on any atom is 0.202 e. The molecule has 0 radical (unpaired) electrons. The van der Waals surface area contributed by atoms with Gasteiger partial charge >= 0.3 is 0 Å². The molecule has 0 saturated heterocycles. The van der Waals surface area contributed by atoms with Crippen molar-refractivity contribution in [3.63, 3.8) is 0 Å². The number of hydrazone groups is 1. The fraction of sp³-hybridized carbons (Fsp3) is 0.0435. The van der Waals surface area contributed by atoms with Gasteiger partial charge in [0.2, 0.25) is 5.16 Å². The molecule has 4 rings (SSSR count). The lowest BCUT2D eigenvalue weighted by atomic mass is 10.2. The second-order valence-corrected chi connectivity index (χ2v) is 9.51. The van der Waals surface area contributed by atoms with Gasteiger partial charge in [-0.3, -0.25) is 14.8 Å². The Morgan fingerprint density at radius 3 is 2.42 bits per heavy atom. The minimum atomic E-state index is -0.210. The number of ketones is 1. The third kappa shape index (κ3) is 5.65. The molecule has 0 saturated carbocycles. The van der Waals surface area contributed by atoms with E-state index in [2.05, 4.69) is 36.7 Å². The number of Topliss-reactive ketones (excluding diaryl/α,β-unsaturated/α-hetero) is 1. The molecule has 33 heavy (non-hydrogen) atoms. The van der Waals surface area contributed by atoms with E-state index in [-0.39, 0.29) is 10.8 Å². The van der Waals surface area contributed by atoms with Crippen LogP contribution in [0.3, 0.4) is 0 Å². The standard InChI is InChI=1S/C23H16BrCl2N5OS/c1-14(32)22(29-27-17-10-7-15(24)8-11-17)33-23-30-28-21(19-12-9-16(25)13-20(19)26)31(23)18-5-3-2-4-6-18/h2-13,27H,1H3/b29-22-. The predicted molar refractivity (Wildman–Crippen MR) is 139 cm³/mol. The highest BCUT2D eigenvalue weighted by Gasteiger charge is 2.21. The maximum atomic E-state index is 12.3. The van der Waals surface area contributed by atoms with Gasteiger partial charge in [-0.05, 0) is 66.4 Å². The van der Waals surface area contributed by atoms with Crippen LogP contribution >= 0.6 is 50.9 Å². The van der Waals surface area contributed by atoms with Crippen LogP contribution in [-0.4, -0.2) is 25.6 Å². The van der Waals surface area contributed by atoms with Crippen molar-refractivity contribution >= 4 is 67.4 Å². The van der Waals surface area contributed by atoms with Gasteiger partial charge in [0.05, 0.1) is 10.7 Å². The van der Waals surface area contributed by atoms with Gasteiger partial charge in [-0.1, -0.05) is 57.3 Å². The summed E-state index contributed by atoms with van der Waals surface area (Å²) in [5.74, 6) is 0.312. The van der Waals surface area contributed by atoms with E-state index < -0.39 is 0 Å². The second kappa shape index (κ2) is 10.5. The number of halogens is 3. The monoisotopic (exact) mass is 559 g/mol. The van der Waals surface area contributed by atoms with Crippen molar-refractivity contribution in [1.29, 1.82) is 0 Å². The Kier molecular flexibility index (Phi) is 7.49. The number of carbonyl (C=O) groups is 1. The van der Waals surface area contributed by atoms with Gasteiger partial charge in [-0.2, -0.15) is 5.10 Å². The molecule has 0 aliphatic rings. The van der Waals surface area contributed by atoms with E-state index in [0.29, 0.717) is 26.6 Å². The van der Waals surface area contributed by atoms with Crippen molar-refractivity contribution in [3.8, 4) is 17.1 Å². The Morgan fingerprint density at radius 2 is 1.76 bits per heavy atom. The van der Waals surface area contributed by atoms with Crippen LogP contribution in [0.25, 0.3) is 17.1 Å². The molecule has 0 aliphatic heterocycles. The van der Waals surface area contributed by atoms with Crippen LogP contribution in [0, 0.1) is 0 Å². The summed E-state index contributed by atoms with van der Waals surface area (Å²) in [6.45, 7) is 1.45. The molecule has 0 aliphatic carbocycles. The molecule has 6 nitrogen and oxygen atoms in total. The molecule has 0 bridgehead atoms. The zero-order valence-electron chi connectivity index (χ0n) is 17.2. The molecule has 10 heteroatoms. The quantitative estimate of drug-likeness (QED) is 0.118. The fourth-order valence-electron chi connectivity index (χ4n) is 2.89. The highest BCUT2D eigenvalue weighted by Crippen LogP contribution is 2.34. The zero-order chi connectivity index (χ0) is 23.4. The molecule has 4 aromatic rings. The number of para-hydroxylation sites is 1. The minimum Gasteiger partial charge on any atom is -0.292 e. The molecule has 1 heterocycles. The lowest BCUT2D eigenvalue weighted by molar-refractivity contribution is -0.110. The topological polar surface area (TPSA) is 72.2 Å². The smallest absolute Gasteiger partial charge is 0.202 e. The lowest BCUT2D eigenvalue weighted by Gasteiger charge is -2.11. The van der Waals surface area contributed by atoms with Gasteiger partial charge in [0.1, 0.15) is 0 Å². The van der Waals surface area contributed by atoms with Gasteiger partial charge in [0, 0.05) is 27.7 Å². The zero-order valence-corrected chi connectivity index (χ0v) is 21.1. The Balaban J connectivity index is 1.74. The van der Waals surface area contributed by atoms with Crippen LogP contribution in [0.1, 0.15) is 6.92 Å². The second-order valence-electron chi connectivity index (χ2n) is 6.80. The van der Waals surface area contributed by atoms with E-state index in [1.165, 1.54) is 6.92 Å². The first kappa shape index (κ1) is 23.5. The normalized spacial score (nSPS) is 11.5. The number of benzene rings is 3. The Morgan fingerprint density at radius 1 is 1.03 bits per heavy atom. The first-order valence-corrected chi connectivity index (χ1v) is 12.0. The summed E-state index contributed by atoms with van der Waals surface area (Å²) < 4.78 is 2.78. The first-order valence-electron chi connectivity index (χ1n) is 9.66. The van der Waals surface area contributed by atoms with E-state index in [0.717, 1.165) is 27.6 Å². The van der Waals surface area contributed by atoms with Gasteiger partial charge in [-0.25, -0.2) is 0 Å². The lowest BCUT2D eigenvalue weighted by Crippen LogP contribution is -2.10. The molecule has 1 N–H and O–H groups in total. The van der Waals surface area contributed by atoms with Crippen molar-refractivity contribution in [3.05, 3.63) is 87.3 Å². The van der Waals surface area contributed by atoms with Crippen molar-refractivity contribution in [2.75, 3.05) is 5.43 Å². The molecule has 166 valence electrons. The third-order valence-corrected chi connectivity index (χ3v) is 6.54. The van der Waals surface area contributed by atoms with Crippen LogP contribution in [0.15, 0.2) is 87.5 Å². The number of anilines is 1. The number of carbonyl (C=O) groups excluding carboxylic acids is 1. The molecule has 0 amide bonds. The molecule has 0 unspecified atom stereocenters. The molecule has 1 aromatic heterocycles. The minimum absolute atomic E-state index is 0.210. The maximum absolute atomic E-state index is 12.3. The van der Waals surface area contributed by atoms with Crippen LogP contribution < -0.4 is 5.43 Å². The van der Waals surface area contributed by atoms with E-state index in [9.17, 15) is 4.79 Å². The highest BCUT2D eigenvalue weighted by atomic mass is 79.9. The van der Waals surface area contributed by atoms with Crippen molar-refractivity contribution in [2.45, 2.75) is 12.1 Å². The summed E-state index contributed by atoms with van der Waals surface area (Å²) in [6.07, 6.45) is 0. The largest absolute Gasteiger partial charge is 0.292 e. The van der Waals surface area contributed by atoms with Gasteiger partial charge in [-0.15, -0.1) is 10.2 Å². The van der Waals surface area contributed by atoms with Crippen molar-refractivity contribution in [2.24, 2.45) is 5.10 Å². The molecule has 0 fully saturated rings. The van der Waals surface area contributed by atoms with Gasteiger partial charge < -0.3 is 0 Å². The number of hydrogen-bond donors (Lipinski definition) is 1. The first-order chi connectivity index (χ1) is 15.9. The summed E-state index contributed by atoms with van der Waals surface area (Å²) in [4.78, 5) is 12.3. The van der Waals surface area contributed by atoms with E-state index >= 15 is 0 Å². The van der Waals surface area contributed by atoms with Crippen LogP contribution in [0.4, 0.5) is 5.69 Å². The third-order valence-electron chi connectivity index (χ3n) is 4.44. The summed E-state index contributed by atoms with van der Waals surface area (Å²) in [5, 5.41) is 14.7. The molecular formula is C23H16BrCl2N5OS. The number of nitrogens with zero attached hydrogens (tertiary/aromatic N) is 4. The van der Waals surface area contributed by atoms with Crippen molar-refractivity contribution in [1.82, 2.24) is 14.8 Å². The average Bonchev–Trinajstić information content (AvgIpc) is 3.21. The fourth-order valence-corrected chi connectivity index (χ4v) is 4.42. The Hall–Kier alpha value is -2.65. The summed E-state index contributed by atoms with van der Waals surface area (Å²) >= 11 is 17.0. The van der Waals surface area contributed by atoms with Crippen LogP contribution in [0.2, 0.25) is 10.0 Å². The summed E-state index contributed by atoms with van der Waals surface area (Å²) in [5.41, 5.74) is 5.14. The highest BCUT2D eigenvalue weighted by molar-refractivity contribution is 9.10. The molecule has 0 atom stereocenters. The SMILES string of the molecule is CC(=O)/C(=N/Nc1ccc(Br)cc1)Sc1nnc(-c2ccc(Cl)cc2Cl)n1-c1ccccc1. The molecule has 0 spiro atoms. The molecule has 3 aromatic carbocycles. The van der Waals surface area contributed by atoms with E-state index in [1.54, 1.807) is 18.2 Å². The van der Waals surface area contributed by atoms with Gasteiger partial charge in [0.25, 0.3) is 0 Å². The number of nitrogens with one attached hydrogen (secondary N) is 1. The number of thioether (sulfide) groups is 1. The Labute approximate surface area is 213 Å². The number of rotatable bonds is 6. The Bertz CT molecular complexity index is 1330. The number of aromatic nitrogens is 3.